The molecule has 3 heterocycles. The third-order valence-electron chi connectivity index (χ3n) is 3.24. The van der Waals surface area contributed by atoms with E-state index in [1.165, 1.54) is 16.3 Å². The van der Waals surface area contributed by atoms with Crippen LogP contribution in [0.5, 0.6) is 0 Å². The molecule has 0 saturated carbocycles. The van der Waals surface area contributed by atoms with Gasteiger partial charge < -0.3 is 10.3 Å². The Morgan fingerprint density at radius 1 is 1.56 bits per heavy atom. The molecule has 16 heavy (non-hydrogen) atoms. The number of rotatable bonds is 2. The lowest BCUT2D eigenvalue weighted by Crippen LogP contribution is -2.46. The van der Waals surface area contributed by atoms with Crippen molar-refractivity contribution in [3.63, 3.8) is 0 Å². The minimum absolute atomic E-state index is 0.0154. The summed E-state index contributed by atoms with van der Waals surface area (Å²) in [5.74, 6) is 0. The molecule has 2 aromatic rings. The average molecular weight is 233 g/mol. The summed E-state index contributed by atoms with van der Waals surface area (Å²) >= 11 is 1.81. The summed E-state index contributed by atoms with van der Waals surface area (Å²) in [7, 11) is 0. The Balaban J connectivity index is 1.95. The third kappa shape index (κ3) is 1.58. The lowest BCUT2D eigenvalue weighted by molar-refractivity contribution is 0.337. The number of hydrogen-bond acceptors (Lipinski definition) is 3. The molecule has 0 fully saturated rings. The van der Waals surface area contributed by atoms with Gasteiger partial charge in [0.15, 0.2) is 0 Å². The first kappa shape index (κ1) is 10.1. The molecule has 1 aliphatic rings. The number of H-pyrrole nitrogens is 1. The number of imidazole rings is 1. The summed E-state index contributed by atoms with van der Waals surface area (Å²) in [5, 5.41) is 5.73. The van der Waals surface area contributed by atoms with E-state index >= 15 is 0 Å². The molecular weight excluding hydrogens is 218 g/mol. The van der Waals surface area contributed by atoms with Crippen LogP contribution >= 0.6 is 11.3 Å². The van der Waals surface area contributed by atoms with E-state index in [9.17, 15) is 0 Å². The van der Waals surface area contributed by atoms with Crippen LogP contribution in [0, 0.1) is 0 Å². The maximum atomic E-state index is 4.48. The second kappa shape index (κ2) is 3.71. The zero-order valence-electron chi connectivity index (χ0n) is 9.29. The van der Waals surface area contributed by atoms with Gasteiger partial charge in [-0.1, -0.05) is 6.07 Å². The number of nitrogens with zero attached hydrogens (tertiary/aromatic N) is 1. The first-order valence-electron chi connectivity index (χ1n) is 5.58. The number of thiophene rings is 1. The van der Waals surface area contributed by atoms with Crippen LogP contribution in [0.15, 0.2) is 23.8 Å². The van der Waals surface area contributed by atoms with Crippen molar-refractivity contribution in [2.75, 3.05) is 6.54 Å². The Bertz CT molecular complexity index is 474. The van der Waals surface area contributed by atoms with E-state index in [-0.39, 0.29) is 5.54 Å². The number of aromatic amines is 1. The summed E-state index contributed by atoms with van der Waals surface area (Å²) in [6.07, 6.45) is 3.88. The molecule has 3 rings (SSSR count). The van der Waals surface area contributed by atoms with E-state index in [1.54, 1.807) is 0 Å². The van der Waals surface area contributed by atoms with Crippen LogP contribution < -0.4 is 5.32 Å². The first-order valence-corrected chi connectivity index (χ1v) is 6.46. The first-order chi connectivity index (χ1) is 7.78. The van der Waals surface area contributed by atoms with Crippen LogP contribution in [0.2, 0.25) is 0 Å². The van der Waals surface area contributed by atoms with Crippen molar-refractivity contribution in [2.24, 2.45) is 0 Å². The summed E-state index contributed by atoms with van der Waals surface area (Å²) < 4.78 is 0. The Morgan fingerprint density at radius 2 is 2.50 bits per heavy atom. The molecule has 0 radical (unpaired) electrons. The number of hydrogen-bond donors (Lipinski definition) is 2. The second-order valence-corrected chi connectivity index (χ2v) is 5.53. The van der Waals surface area contributed by atoms with Crippen molar-refractivity contribution >= 4 is 11.3 Å². The van der Waals surface area contributed by atoms with Crippen LogP contribution in [-0.2, 0) is 18.4 Å². The molecule has 0 spiro atoms. The zero-order valence-corrected chi connectivity index (χ0v) is 10.1. The Hall–Kier alpha value is -1.13. The molecule has 0 aromatic carbocycles. The lowest BCUT2D eigenvalue weighted by atomic mass is 9.88. The minimum Gasteiger partial charge on any atom is -0.348 e. The van der Waals surface area contributed by atoms with E-state index in [2.05, 4.69) is 39.7 Å². The fourth-order valence-electron chi connectivity index (χ4n) is 2.44. The highest BCUT2D eigenvalue weighted by Gasteiger charge is 2.34. The normalized spacial score (nSPS) is 24.3. The predicted molar refractivity (Wildman–Crippen MR) is 65.7 cm³/mol. The molecule has 3 nitrogen and oxygen atoms in total. The van der Waals surface area contributed by atoms with E-state index < -0.39 is 0 Å². The highest BCUT2D eigenvalue weighted by atomic mass is 32.1. The van der Waals surface area contributed by atoms with Gasteiger partial charge in [0.05, 0.1) is 17.6 Å². The van der Waals surface area contributed by atoms with Gasteiger partial charge >= 0.3 is 0 Å². The van der Waals surface area contributed by atoms with Gasteiger partial charge in [-0.3, -0.25) is 0 Å². The highest BCUT2D eigenvalue weighted by Crippen LogP contribution is 2.30. The second-order valence-electron chi connectivity index (χ2n) is 4.49. The lowest BCUT2D eigenvalue weighted by Gasteiger charge is -2.33. The van der Waals surface area contributed by atoms with Gasteiger partial charge in [-0.2, -0.15) is 0 Å². The van der Waals surface area contributed by atoms with Crippen molar-refractivity contribution in [1.29, 1.82) is 0 Å². The van der Waals surface area contributed by atoms with Gasteiger partial charge in [0.1, 0.15) is 0 Å². The Kier molecular flexibility index (Phi) is 2.33. The van der Waals surface area contributed by atoms with Crippen molar-refractivity contribution in [1.82, 2.24) is 15.3 Å². The number of fused-ring (bicyclic) bond motifs is 1. The zero-order chi connectivity index (χ0) is 11.0. The SMILES string of the molecule is CC1(Cc2cccs2)NCCc2[nH]cnc21. The highest BCUT2D eigenvalue weighted by molar-refractivity contribution is 7.09. The van der Waals surface area contributed by atoms with Crippen LogP contribution in [-0.4, -0.2) is 16.5 Å². The average Bonchev–Trinajstić information content (AvgIpc) is 2.88. The molecular formula is C12H15N3S. The summed E-state index contributed by atoms with van der Waals surface area (Å²) in [5.41, 5.74) is 2.46. The fraction of sp³-hybridized carbons (Fsp3) is 0.417. The molecule has 0 bridgehead atoms. The predicted octanol–water partition coefficient (Wildman–Crippen LogP) is 2.07. The van der Waals surface area contributed by atoms with Crippen LogP contribution in [0.1, 0.15) is 23.2 Å². The molecule has 0 saturated heterocycles. The van der Waals surface area contributed by atoms with Crippen LogP contribution in [0.3, 0.4) is 0 Å². The van der Waals surface area contributed by atoms with E-state index in [1.807, 2.05) is 17.7 Å². The van der Waals surface area contributed by atoms with E-state index in [0.29, 0.717) is 0 Å². The van der Waals surface area contributed by atoms with Crippen molar-refractivity contribution in [3.05, 3.63) is 40.1 Å². The smallest absolute Gasteiger partial charge is 0.0926 e. The van der Waals surface area contributed by atoms with Crippen LogP contribution in [0.25, 0.3) is 0 Å². The molecule has 2 N–H and O–H groups in total. The quantitative estimate of drug-likeness (QED) is 0.833. The monoisotopic (exact) mass is 233 g/mol. The van der Waals surface area contributed by atoms with Crippen molar-refractivity contribution in [3.8, 4) is 0 Å². The number of nitrogens with one attached hydrogen (secondary N) is 2. The molecule has 1 unspecified atom stereocenters. The largest absolute Gasteiger partial charge is 0.348 e. The van der Waals surface area contributed by atoms with E-state index in [0.717, 1.165) is 19.4 Å². The van der Waals surface area contributed by atoms with Gasteiger partial charge in [-0.05, 0) is 18.4 Å². The molecule has 4 heteroatoms. The van der Waals surface area contributed by atoms with Gasteiger partial charge in [-0.15, -0.1) is 11.3 Å². The fourth-order valence-corrected chi connectivity index (χ4v) is 3.30. The van der Waals surface area contributed by atoms with E-state index in [4.69, 9.17) is 0 Å². The van der Waals surface area contributed by atoms with Crippen LogP contribution in [0.4, 0.5) is 0 Å². The van der Waals surface area contributed by atoms with Gasteiger partial charge in [0, 0.05) is 30.0 Å². The maximum absolute atomic E-state index is 4.48. The molecule has 0 amide bonds. The van der Waals surface area contributed by atoms with Gasteiger partial charge in [-0.25, -0.2) is 4.98 Å². The molecule has 0 aliphatic carbocycles. The standard InChI is InChI=1S/C12H15N3S/c1-12(7-9-3-2-6-16-9)11-10(4-5-15-12)13-8-14-11/h2-3,6,8,15H,4-5,7H2,1H3,(H,13,14). The Labute approximate surface area is 98.9 Å². The molecule has 1 aliphatic heterocycles. The summed E-state index contributed by atoms with van der Waals surface area (Å²) in [6, 6.07) is 4.30. The minimum atomic E-state index is -0.0154. The van der Waals surface area contributed by atoms with Gasteiger partial charge in [0.2, 0.25) is 0 Å². The molecule has 84 valence electrons. The molecule has 2 aromatic heterocycles. The third-order valence-corrected chi connectivity index (χ3v) is 4.12. The number of aromatic nitrogens is 2. The molecule has 1 atom stereocenters. The maximum Gasteiger partial charge on any atom is 0.0926 e. The Morgan fingerprint density at radius 3 is 3.31 bits per heavy atom. The summed E-state index contributed by atoms with van der Waals surface area (Å²) in [6.45, 7) is 3.27. The van der Waals surface area contributed by atoms with Crippen molar-refractivity contribution < 1.29 is 0 Å². The summed E-state index contributed by atoms with van der Waals surface area (Å²) in [4.78, 5) is 9.13. The van der Waals surface area contributed by atoms with Crippen molar-refractivity contribution in [2.45, 2.75) is 25.3 Å². The topological polar surface area (TPSA) is 40.7 Å². The van der Waals surface area contributed by atoms with Gasteiger partial charge in [0.25, 0.3) is 0 Å².